The van der Waals surface area contributed by atoms with Crippen molar-refractivity contribution in [1.29, 1.82) is 0 Å². The van der Waals surface area contributed by atoms with Crippen molar-refractivity contribution in [3.8, 4) is 11.3 Å². The highest BCUT2D eigenvalue weighted by molar-refractivity contribution is 6.13. The Morgan fingerprint density at radius 1 is 1.10 bits per heavy atom. The number of aromatic nitrogens is 5. The quantitative estimate of drug-likeness (QED) is 0.531. The first kappa shape index (κ1) is 17.9. The van der Waals surface area contributed by atoms with E-state index in [1.54, 1.807) is 0 Å². The monoisotopic (exact) mass is 402 g/mol. The lowest BCUT2D eigenvalue weighted by molar-refractivity contribution is 0.0533. The van der Waals surface area contributed by atoms with Gasteiger partial charge in [-0.1, -0.05) is 0 Å². The fraction of sp³-hybridized carbons (Fsp3) is 0.435. The average Bonchev–Trinajstić information content (AvgIpc) is 3.41. The fourth-order valence-corrected chi connectivity index (χ4v) is 5.20. The van der Waals surface area contributed by atoms with Crippen molar-refractivity contribution in [3.05, 3.63) is 35.3 Å². The van der Waals surface area contributed by atoms with Crippen LogP contribution in [-0.2, 0) is 17.6 Å². The molecule has 4 heterocycles. The molecule has 2 N–H and O–H groups in total. The number of benzene rings is 1. The Balaban J connectivity index is 1.71. The SMILES string of the molecule is Cc1[nH]ncc1-c1nc2c(N3CCO[C@@H](C)C3)cc3[nH]ncc3c2c2c1CCCC2. The molecule has 0 saturated carbocycles. The van der Waals surface area contributed by atoms with E-state index >= 15 is 0 Å². The summed E-state index contributed by atoms with van der Waals surface area (Å²) in [4.78, 5) is 7.76. The van der Waals surface area contributed by atoms with E-state index < -0.39 is 0 Å². The molecule has 30 heavy (non-hydrogen) atoms. The van der Waals surface area contributed by atoms with Gasteiger partial charge in [0, 0.05) is 35.1 Å². The van der Waals surface area contributed by atoms with Gasteiger partial charge in [0.1, 0.15) is 0 Å². The van der Waals surface area contributed by atoms with Crippen molar-refractivity contribution in [2.24, 2.45) is 0 Å². The minimum Gasteiger partial charge on any atom is -0.375 e. The molecule has 1 aromatic carbocycles. The van der Waals surface area contributed by atoms with Gasteiger partial charge in [-0.15, -0.1) is 0 Å². The van der Waals surface area contributed by atoms with Gasteiger partial charge in [0.2, 0.25) is 0 Å². The van der Waals surface area contributed by atoms with E-state index in [4.69, 9.17) is 9.72 Å². The largest absolute Gasteiger partial charge is 0.375 e. The van der Waals surface area contributed by atoms with Crippen LogP contribution in [0, 0.1) is 6.92 Å². The van der Waals surface area contributed by atoms with Gasteiger partial charge in [-0.2, -0.15) is 10.2 Å². The third-order valence-corrected chi connectivity index (χ3v) is 6.64. The fourth-order valence-electron chi connectivity index (χ4n) is 5.20. The summed E-state index contributed by atoms with van der Waals surface area (Å²) in [5.41, 5.74) is 9.43. The van der Waals surface area contributed by atoms with Crippen LogP contribution in [-0.4, -0.2) is 51.2 Å². The predicted octanol–water partition coefficient (Wildman–Crippen LogP) is 3.91. The van der Waals surface area contributed by atoms with Crippen molar-refractivity contribution < 1.29 is 4.74 Å². The second kappa shape index (κ2) is 6.80. The van der Waals surface area contributed by atoms with E-state index in [-0.39, 0.29) is 6.10 Å². The zero-order valence-corrected chi connectivity index (χ0v) is 17.5. The standard InChI is InChI=1S/C23H26N6O/c1-13-12-29(7-8-30-13)20-9-19-18(11-25-28-19)21-15-5-3-4-6-16(15)22(26-23(20)21)17-10-24-27-14(17)2/h9-11,13H,3-8,12H2,1-2H3,(H,24,27)(H,25,28)/t13-/m0/s1. The molecule has 7 nitrogen and oxygen atoms in total. The van der Waals surface area contributed by atoms with Gasteiger partial charge in [-0.25, -0.2) is 4.98 Å². The Morgan fingerprint density at radius 3 is 2.73 bits per heavy atom. The van der Waals surface area contributed by atoms with Gasteiger partial charge < -0.3 is 9.64 Å². The van der Waals surface area contributed by atoms with Crippen LogP contribution in [0.3, 0.4) is 0 Å². The highest BCUT2D eigenvalue weighted by Gasteiger charge is 2.27. The molecule has 1 aliphatic heterocycles. The van der Waals surface area contributed by atoms with Gasteiger partial charge in [0.15, 0.2) is 0 Å². The number of hydrogen-bond donors (Lipinski definition) is 2. The molecule has 0 spiro atoms. The van der Waals surface area contributed by atoms with E-state index in [0.29, 0.717) is 0 Å². The van der Waals surface area contributed by atoms with Crippen LogP contribution >= 0.6 is 0 Å². The molecule has 7 heteroatoms. The zero-order valence-electron chi connectivity index (χ0n) is 17.5. The van der Waals surface area contributed by atoms with E-state index in [9.17, 15) is 0 Å². The molecule has 1 saturated heterocycles. The molecule has 4 aromatic rings. The Labute approximate surface area is 174 Å². The van der Waals surface area contributed by atoms with Gasteiger partial charge in [0.05, 0.1) is 47.5 Å². The summed E-state index contributed by atoms with van der Waals surface area (Å²) in [6.07, 6.45) is 8.67. The molecule has 1 atom stereocenters. The number of aromatic amines is 2. The number of nitrogens with one attached hydrogen (secondary N) is 2. The minimum absolute atomic E-state index is 0.208. The molecule has 0 bridgehead atoms. The van der Waals surface area contributed by atoms with E-state index in [2.05, 4.69) is 45.2 Å². The molecular weight excluding hydrogens is 376 g/mol. The molecule has 1 aliphatic carbocycles. The Morgan fingerprint density at radius 2 is 1.93 bits per heavy atom. The molecule has 6 rings (SSSR count). The molecule has 1 fully saturated rings. The third kappa shape index (κ3) is 2.65. The highest BCUT2D eigenvalue weighted by atomic mass is 16.5. The van der Waals surface area contributed by atoms with Gasteiger partial charge in [-0.05, 0) is 56.7 Å². The molecule has 2 aliphatic rings. The average molecular weight is 403 g/mol. The zero-order chi connectivity index (χ0) is 20.2. The van der Waals surface area contributed by atoms with Crippen LogP contribution in [0.1, 0.15) is 36.6 Å². The molecule has 0 unspecified atom stereocenters. The number of morpholine rings is 1. The minimum atomic E-state index is 0.208. The first-order valence-corrected chi connectivity index (χ1v) is 10.9. The summed E-state index contributed by atoms with van der Waals surface area (Å²) in [7, 11) is 0. The first-order valence-electron chi connectivity index (χ1n) is 10.9. The van der Waals surface area contributed by atoms with Gasteiger partial charge in [-0.3, -0.25) is 10.2 Å². The van der Waals surface area contributed by atoms with Crippen LogP contribution in [0.5, 0.6) is 0 Å². The highest BCUT2D eigenvalue weighted by Crippen LogP contribution is 2.42. The number of anilines is 1. The summed E-state index contributed by atoms with van der Waals surface area (Å²) in [5.74, 6) is 0. The Kier molecular flexibility index (Phi) is 4.06. The molecule has 154 valence electrons. The number of H-pyrrole nitrogens is 2. The van der Waals surface area contributed by atoms with Crippen LogP contribution < -0.4 is 4.90 Å². The van der Waals surface area contributed by atoms with E-state index in [1.807, 2.05) is 12.4 Å². The van der Waals surface area contributed by atoms with Gasteiger partial charge in [0.25, 0.3) is 0 Å². The molecule has 0 radical (unpaired) electrons. The van der Waals surface area contributed by atoms with E-state index in [0.717, 1.165) is 60.5 Å². The van der Waals surface area contributed by atoms with Crippen molar-refractivity contribution in [1.82, 2.24) is 25.4 Å². The van der Waals surface area contributed by atoms with Crippen LogP contribution in [0.15, 0.2) is 18.5 Å². The van der Waals surface area contributed by atoms with Gasteiger partial charge >= 0.3 is 0 Å². The van der Waals surface area contributed by atoms with Crippen molar-refractivity contribution >= 4 is 27.5 Å². The van der Waals surface area contributed by atoms with Crippen molar-refractivity contribution in [2.45, 2.75) is 45.6 Å². The van der Waals surface area contributed by atoms with E-state index in [1.165, 1.54) is 40.4 Å². The number of nitrogens with zero attached hydrogens (tertiary/aromatic N) is 4. The van der Waals surface area contributed by atoms with Crippen LogP contribution in [0.2, 0.25) is 0 Å². The second-order valence-corrected chi connectivity index (χ2v) is 8.61. The summed E-state index contributed by atoms with van der Waals surface area (Å²) >= 11 is 0. The maximum absolute atomic E-state index is 5.81. The number of fused-ring (bicyclic) bond motifs is 5. The lowest BCUT2D eigenvalue weighted by Gasteiger charge is -2.34. The lowest BCUT2D eigenvalue weighted by atomic mass is 9.85. The molecular formula is C23H26N6O. The number of pyridine rings is 1. The summed E-state index contributed by atoms with van der Waals surface area (Å²) in [6, 6.07) is 2.22. The van der Waals surface area contributed by atoms with Crippen LogP contribution in [0.25, 0.3) is 33.1 Å². The predicted molar refractivity (Wildman–Crippen MR) is 118 cm³/mol. The summed E-state index contributed by atoms with van der Waals surface area (Å²) in [5, 5.41) is 17.4. The molecule has 0 amide bonds. The number of hydrogen-bond acceptors (Lipinski definition) is 5. The first-order chi connectivity index (χ1) is 14.7. The number of rotatable bonds is 2. The number of aryl methyl sites for hydroxylation is 2. The Bertz CT molecular complexity index is 1260. The Hall–Kier alpha value is -2.93. The smallest absolute Gasteiger partial charge is 0.0954 e. The second-order valence-electron chi connectivity index (χ2n) is 8.61. The third-order valence-electron chi connectivity index (χ3n) is 6.64. The maximum atomic E-state index is 5.81. The maximum Gasteiger partial charge on any atom is 0.0954 e. The number of ether oxygens (including phenoxy) is 1. The topological polar surface area (TPSA) is 82.7 Å². The van der Waals surface area contributed by atoms with Crippen molar-refractivity contribution in [3.63, 3.8) is 0 Å². The molecule has 3 aromatic heterocycles. The summed E-state index contributed by atoms with van der Waals surface area (Å²) in [6.45, 7) is 6.69. The lowest BCUT2D eigenvalue weighted by Crippen LogP contribution is -2.41. The van der Waals surface area contributed by atoms with Crippen molar-refractivity contribution in [2.75, 3.05) is 24.6 Å². The summed E-state index contributed by atoms with van der Waals surface area (Å²) < 4.78 is 5.81. The normalized spacial score (nSPS) is 19.5. The van der Waals surface area contributed by atoms with Crippen LogP contribution in [0.4, 0.5) is 5.69 Å².